The minimum Gasteiger partial charge on any atom is -0.382 e. The molecule has 0 saturated heterocycles. The minimum absolute atomic E-state index is 0.0709. The van der Waals surface area contributed by atoms with Gasteiger partial charge in [0.15, 0.2) is 0 Å². The van der Waals surface area contributed by atoms with Crippen LogP contribution in [0, 0.1) is 5.92 Å². The summed E-state index contributed by atoms with van der Waals surface area (Å²) in [6.07, 6.45) is -32.9. The van der Waals surface area contributed by atoms with Gasteiger partial charge in [0.1, 0.15) is 110 Å². The molecule has 3 rings (SSSR count). The molecule has 7 unspecified atom stereocenters. The summed E-state index contributed by atoms with van der Waals surface area (Å²) in [7, 11) is -22.8. The summed E-state index contributed by atoms with van der Waals surface area (Å²) in [5.74, 6) is -0.880. The number of rotatable bonds is 57. The monoisotopic (exact) mass is 1590 g/mol. The molecule has 596 valence electrons. The van der Waals surface area contributed by atoms with Crippen molar-refractivity contribution in [2.24, 2.45) is 5.92 Å². The van der Waals surface area contributed by atoms with Crippen LogP contribution in [0.5, 0.6) is 0 Å². The highest BCUT2D eigenvalue weighted by Crippen LogP contribution is 2.53. The third-order valence-electron chi connectivity index (χ3n) is 15.1. The van der Waals surface area contributed by atoms with Crippen LogP contribution in [-0.4, -0.2) is 358 Å². The second kappa shape index (κ2) is 47.7. The van der Waals surface area contributed by atoms with Crippen LogP contribution in [0.25, 0.3) is 0 Å². The zero-order valence-corrected chi connectivity index (χ0v) is 62.0. The van der Waals surface area contributed by atoms with Gasteiger partial charge in [0.25, 0.3) is 0 Å². The predicted molar refractivity (Wildman–Crippen MR) is 332 cm³/mol. The van der Waals surface area contributed by atoms with Gasteiger partial charge < -0.3 is 153 Å². The van der Waals surface area contributed by atoms with Crippen LogP contribution in [0.3, 0.4) is 0 Å². The van der Waals surface area contributed by atoms with Crippen LogP contribution in [0.15, 0.2) is 0 Å². The van der Waals surface area contributed by atoms with Gasteiger partial charge in [-0.1, -0.05) is 0 Å². The van der Waals surface area contributed by atoms with Crippen molar-refractivity contribution in [3.63, 3.8) is 0 Å². The molecular formula is C50H102O44P6. The molecule has 0 amide bonds. The minimum atomic E-state index is -5.78. The highest BCUT2D eigenvalue weighted by molar-refractivity contribution is 7.47. The van der Waals surface area contributed by atoms with Crippen molar-refractivity contribution in [2.45, 2.75) is 129 Å². The van der Waals surface area contributed by atoms with E-state index in [0.717, 1.165) is 21.3 Å². The third-order valence-corrected chi connectivity index (χ3v) is 18.2. The first-order chi connectivity index (χ1) is 47.1. The van der Waals surface area contributed by atoms with Crippen LogP contribution in [0.1, 0.15) is 19.3 Å². The molecule has 0 aliphatic heterocycles. The Morgan fingerprint density at radius 3 is 0.550 bits per heavy atom. The fourth-order valence-electron chi connectivity index (χ4n) is 11.2. The van der Waals surface area contributed by atoms with Gasteiger partial charge in [0.05, 0.1) is 106 Å². The van der Waals surface area contributed by atoms with Gasteiger partial charge in [-0.3, -0.25) is 27.1 Å². The number of methoxy groups -OCH3 is 9. The third kappa shape index (κ3) is 35.0. The number of phosphoric acid groups is 6. The molecule has 0 aromatic carbocycles. The molecule has 0 aromatic rings. The Labute approximate surface area is 577 Å². The standard InChI is InChI=1S/C50H102O44P6/c1-69-16-20-78-24-28-85-40-33(73-5)38(34(74-6)41(47(40)91-97(57,58)59)86-29-25-79-21-17-70-2)82-13-10-32(11-14-83-39-36(76-8)45(89-95(51,52)53)50(94-100(66,67)68)46(37(39)77-9)90-96(54,55)56)12-15-84-44-48(92-98(60,61)62)42(87-30-26-80-22-18-71-3)35(75-7)43(49(44)93-99(63,64)65)88-31-27-81-23-19-72-4/h32-50H,10-31H2,1-9H3,(H2,51,52,53)(H2,54,55,56)(H2,57,58,59)(H2,60,61,62)(H2,63,64,65)(H2,66,67,68)/t32?,33-,34+,35?,36-,37+,38?,39?,40+,41-,42-,43+,44?,45+,46-,47?,48+,49-,50?. The molecule has 3 fully saturated rings. The van der Waals surface area contributed by atoms with Crippen molar-refractivity contribution >= 4 is 46.9 Å². The van der Waals surface area contributed by atoms with Crippen molar-refractivity contribution in [3.8, 4) is 0 Å². The summed E-state index contributed by atoms with van der Waals surface area (Å²) in [4.78, 5) is 123. The fourth-order valence-corrected chi connectivity index (χ4v) is 14.5. The van der Waals surface area contributed by atoms with Crippen LogP contribution in [0.2, 0.25) is 0 Å². The summed E-state index contributed by atoms with van der Waals surface area (Å²) in [5, 5.41) is 0. The lowest BCUT2D eigenvalue weighted by molar-refractivity contribution is -0.265. The average molecular weight is 1590 g/mol. The summed E-state index contributed by atoms with van der Waals surface area (Å²) in [6, 6.07) is 0. The first kappa shape index (κ1) is 94.1. The molecule has 50 heteroatoms. The summed E-state index contributed by atoms with van der Waals surface area (Å²) in [5.41, 5.74) is 0. The van der Waals surface area contributed by atoms with E-state index in [1.807, 2.05) is 0 Å². The van der Waals surface area contributed by atoms with E-state index in [1.165, 1.54) is 42.7 Å². The van der Waals surface area contributed by atoms with Crippen molar-refractivity contribution < 1.29 is 208 Å². The second-order valence-electron chi connectivity index (χ2n) is 21.9. The maximum Gasteiger partial charge on any atom is 0.470 e. The topological polar surface area (TPSA) is 585 Å². The molecule has 44 nitrogen and oxygen atoms in total. The molecule has 3 saturated carbocycles. The molecule has 12 N–H and O–H groups in total. The highest BCUT2D eigenvalue weighted by atomic mass is 31.2. The molecular weight excluding hydrogens is 1490 g/mol. The molecule has 3 aliphatic carbocycles. The molecule has 0 heterocycles. The Hall–Kier alpha value is -0.140. The Kier molecular flexibility index (Phi) is 44.9. The molecule has 19 atom stereocenters. The van der Waals surface area contributed by atoms with E-state index in [4.69, 9.17) is 122 Å². The maximum absolute atomic E-state index is 13.0. The number of hydrogen-bond acceptors (Lipinski definition) is 32. The predicted octanol–water partition coefficient (Wildman–Crippen LogP) is -1.90. The summed E-state index contributed by atoms with van der Waals surface area (Å²) < 4.78 is 222. The van der Waals surface area contributed by atoms with Crippen LogP contribution in [-0.2, 0) is 149 Å². The second-order valence-corrected chi connectivity index (χ2v) is 29.0. The number of phosphoric ester groups is 6. The normalized spacial score (nSPS) is 29.4. The van der Waals surface area contributed by atoms with Gasteiger partial charge in [-0.05, 0) is 25.2 Å². The van der Waals surface area contributed by atoms with Crippen molar-refractivity contribution in [1.82, 2.24) is 0 Å². The summed E-state index contributed by atoms with van der Waals surface area (Å²) >= 11 is 0. The molecule has 100 heavy (non-hydrogen) atoms. The van der Waals surface area contributed by atoms with Gasteiger partial charge in [-0.25, -0.2) is 27.4 Å². The Morgan fingerprint density at radius 2 is 0.360 bits per heavy atom. The van der Waals surface area contributed by atoms with E-state index in [-0.39, 0.29) is 132 Å². The summed E-state index contributed by atoms with van der Waals surface area (Å²) in [6.45, 7) is -1.87. The van der Waals surface area contributed by atoms with Crippen molar-refractivity contribution in [3.05, 3.63) is 0 Å². The van der Waals surface area contributed by atoms with Crippen LogP contribution < -0.4 is 0 Å². The molecule has 0 aromatic heterocycles. The van der Waals surface area contributed by atoms with E-state index in [2.05, 4.69) is 0 Å². The van der Waals surface area contributed by atoms with Gasteiger partial charge in [-0.2, -0.15) is 0 Å². The average Bonchev–Trinajstić information content (AvgIpc) is 0.775. The van der Waals surface area contributed by atoms with Gasteiger partial charge >= 0.3 is 46.9 Å². The SMILES string of the molecule is COCCOCCO[C@@H]1C(OP(=O)(O)O)[C@H](OCCOCCOC)[C@@H](OC)C(OCCC(CCOC2[C@@H](OC)[C@H](OP(=O)(O)O)C(OP(=O)(O)O)[C@H](OP(=O)(O)O)[C@H]2OC)CCOC2[C@@H](OP(=O)(O)O)[C@H](OCCOCCOC)C(OC)[C@H](OCCOCCOC)[C@H]2OP(=O)(O)O)[C@H]1OC. The quantitative estimate of drug-likeness (QED) is 0.0234. The zero-order valence-electron chi connectivity index (χ0n) is 56.6. The lowest BCUT2D eigenvalue weighted by Gasteiger charge is -2.49. The molecule has 0 bridgehead atoms. The number of hydrogen-bond donors (Lipinski definition) is 12. The first-order valence-electron chi connectivity index (χ1n) is 30.7. The van der Waals surface area contributed by atoms with E-state index < -0.39 is 176 Å². The molecule has 0 radical (unpaired) electrons. The van der Waals surface area contributed by atoms with Gasteiger partial charge in [-0.15, -0.1) is 0 Å². The smallest absolute Gasteiger partial charge is 0.382 e. The Balaban J connectivity index is 2.29. The Bertz CT molecular complexity index is 2360. The van der Waals surface area contributed by atoms with E-state index in [0.29, 0.717) is 0 Å². The lowest BCUT2D eigenvalue weighted by Crippen LogP contribution is -2.67. The largest absolute Gasteiger partial charge is 0.470 e. The highest BCUT2D eigenvalue weighted by Gasteiger charge is 2.61. The van der Waals surface area contributed by atoms with Crippen LogP contribution >= 0.6 is 46.9 Å². The van der Waals surface area contributed by atoms with Crippen LogP contribution in [0.4, 0.5) is 0 Å². The zero-order chi connectivity index (χ0) is 74.9. The van der Waals surface area contributed by atoms with E-state index in [9.17, 15) is 86.1 Å². The van der Waals surface area contributed by atoms with Gasteiger partial charge in [0, 0.05) is 83.8 Å². The van der Waals surface area contributed by atoms with Crippen molar-refractivity contribution in [1.29, 1.82) is 0 Å². The van der Waals surface area contributed by atoms with E-state index in [1.54, 1.807) is 0 Å². The van der Waals surface area contributed by atoms with Crippen molar-refractivity contribution in [2.75, 3.05) is 190 Å². The maximum atomic E-state index is 13.0. The molecule has 3 aliphatic rings. The Morgan fingerprint density at radius 1 is 0.210 bits per heavy atom. The van der Waals surface area contributed by atoms with E-state index >= 15 is 0 Å². The number of ether oxygens (including phenoxy) is 20. The fraction of sp³-hybridized carbons (Fsp3) is 1.00. The molecule has 0 spiro atoms. The van der Waals surface area contributed by atoms with Gasteiger partial charge in [0.2, 0.25) is 0 Å². The first-order valence-corrected chi connectivity index (χ1v) is 39.9. The lowest BCUT2D eigenvalue weighted by atomic mass is 9.84.